The lowest BCUT2D eigenvalue weighted by atomic mass is 10.1. The van der Waals surface area contributed by atoms with E-state index in [-0.39, 0.29) is 0 Å². The van der Waals surface area contributed by atoms with E-state index in [1.54, 1.807) is 6.20 Å². The number of nitrogens with zero attached hydrogens (tertiary/aromatic N) is 4. The summed E-state index contributed by atoms with van der Waals surface area (Å²) >= 11 is 2.31. The molecule has 0 aliphatic carbocycles. The zero-order valence-electron chi connectivity index (χ0n) is 10.7. The molecule has 21 heavy (non-hydrogen) atoms. The number of nitrogens with one attached hydrogen (secondary N) is 1. The summed E-state index contributed by atoms with van der Waals surface area (Å²) in [6.45, 7) is 0. The van der Waals surface area contributed by atoms with E-state index in [1.807, 2.05) is 28.8 Å². The van der Waals surface area contributed by atoms with Gasteiger partial charge in [-0.05, 0) is 40.2 Å². The maximum Gasteiger partial charge on any atom is 0.135 e. The van der Waals surface area contributed by atoms with Crippen LogP contribution in [0.4, 0.5) is 5.82 Å². The lowest BCUT2D eigenvalue weighted by molar-refractivity contribution is 1.02. The van der Waals surface area contributed by atoms with Gasteiger partial charge in [-0.3, -0.25) is 5.10 Å². The Morgan fingerprint density at radius 2 is 2.14 bits per heavy atom. The second kappa shape index (κ2) is 4.92. The molecule has 0 fully saturated rings. The van der Waals surface area contributed by atoms with E-state index < -0.39 is 0 Å². The fourth-order valence-corrected chi connectivity index (χ4v) is 4.01. The lowest BCUT2D eigenvalue weighted by Crippen LogP contribution is -1.93. The Kier molecular flexibility index (Phi) is 3.04. The Bertz CT molecular complexity index is 960. The monoisotopic (exact) mass is 408 g/mol. The highest BCUT2D eigenvalue weighted by Crippen LogP contribution is 2.33. The van der Waals surface area contributed by atoms with Gasteiger partial charge in [-0.15, -0.1) is 0 Å². The largest absolute Gasteiger partial charge is 0.383 e. The van der Waals surface area contributed by atoms with Crippen molar-refractivity contribution in [2.45, 2.75) is 0 Å². The number of hydrogen-bond donors (Lipinski definition) is 2. The zero-order valence-corrected chi connectivity index (χ0v) is 13.9. The average molecular weight is 408 g/mol. The molecule has 0 saturated heterocycles. The molecule has 0 radical (unpaired) electrons. The van der Waals surface area contributed by atoms with E-state index in [9.17, 15) is 0 Å². The lowest BCUT2D eigenvalue weighted by Gasteiger charge is -2.06. The summed E-state index contributed by atoms with van der Waals surface area (Å²) in [4.78, 5) is 4.49. The van der Waals surface area contributed by atoms with E-state index in [0.717, 1.165) is 33.1 Å². The summed E-state index contributed by atoms with van der Waals surface area (Å²) in [7, 11) is 0. The van der Waals surface area contributed by atoms with E-state index in [0.29, 0.717) is 12.2 Å². The van der Waals surface area contributed by atoms with Crippen LogP contribution in [-0.4, -0.2) is 24.7 Å². The van der Waals surface area contributed by atoms with Gasteiger partial charge in [0.05, 0.1) is 23.0 Å². The van der Waals surface area contributed by atoms with E-state index >= 15 is 0 Å². The van der Waals surface area contributed by atoms with Crippen molar-refractivity contribution < 1.29 is 0 Å². The molecule has 4 aromatic rings. The van der Waals surface area contributed by atoms with Crippen LogP contribution in [0.1, 0.15) is 0 Å². The number of anilines is 1. The number of pyridine rings is 1. The van der Waals surface area contributed by atoms with Crippen molar-refractivity contribution in [1.82, 2.24) is 24.7 Å². The number of nitrogens with two attached hydrogens (primary N) is 1. The molecule has 0 aliphatic heterocycles. The number of halogens is 1. The van der Waals surface area contributed by atoms with Crippen LogP contribution in [0.25, 0.3) is 33.1 Å². The maximum atomic E-state index is 6.00. The Hall–Kier alpha value is -1.73. The number of H-pyrrole nitrogens is 1. The molecule has 1 atom stereocenters. The minimum absolute atomic E-state index is 0.493. The average Bonchev–Trinajstić information content (AvgIpc) is 3.16. The molecule has 0 saturated carbocycles. The number of nitrogen functional groups attached to an aromatic ring is 1. The third kappa shape index (κ3) is 1.99. The fraction of sp³-hybridized carbons (Fsp3) is 0. The van der Waals surface area contributed by atoms with Crippen LogP contribution in [0.2, 0.25) is 0 Å². The Morgan fingerprint density at radius 1 is 1.24 bits per heavy atom. The molecule has 3 heterocycles. The van der Waals surface area contributed by atoms with Crippen LogP contribution in [0.15, 0.2) is 36.7 Å². The van der Waals surface area contributed by atoms with Crippen LogP contribution < -0.4 is 5.73 Å². The Labute approximate surface area is 134 Å². The summed E-state index contributed by atoms with van der Waals surface area (Å²) < 4.78 is 1.97. The number of fused-ring (bicyclic) bond motifs is 3. The summed E-state index contributed by atoms with van der Waals surface area (Å²) in [5, 5.41) is 13.3. The van der Waals surface area contributed by atoms with Gasteiger partial charge >= 0.3 is 0 Å². The van der Waals surface area contributed by atoms with Crippen molar-refractivity contribution in [3.63, 3.8) is 0 Å². The number of hydrogen-bond acceptors (Lipinski definition) is 4. The van der Waals surface area contributed by atoms with Gasteiger partial charge in [-0.1, -0.05) is 6.07 Å². The Balaban J connectivity index is 2.00. The topological polar surface area (TPSA) is 85.4 Å². The Morgan fingerprint density at radius 3 is 3.00 bits per heavy atom. The molecule has 0 spiro atoms. The first-order valence-electron chi connectivity index (χ1n) is 6.21. The first-order chi connectivity index (χ1) is 10.3. The molecule has 104 valence electrons. The quantitative estimate of drug-likeness (QED) is 0.394. The first kappa shape index (κ1) is 13.0. The highest BCUT2D eigenvalue weighted by Gasteiger charge is 2.11. The normalized spacial score (nSPS) is 12.0. The van der Waals surface area contributed by atoms with Crippen LogP contribution in [-0.2, 0) is 0 Å². The van der Waals surface area contributed by atoms with Crippen molar-refractivity contribution in [2.75, 3.05) is 5.73 Å². The summed E-state index contributed by atoms with van der Waals surface area (Å²) in [5.41, 5.74) is 9.85. The van der Waals surface area contributed by atoms with E-state index in [1.165, 1.54) is 0 Å². The van der Waals surface area contributed by atoms with Crippen molar-refractivity contribution in [2.24, 2.45) is 0 Å². The number of aromatic nitrogens is 5. The molecule has 1 unspecified atom stereocenters. The highest BCUT2D eigenvalue weighted by atomic mass is 127. The van der Waals surface area contributed by atoms with Crippen molar-refractivity contribution in [3.8, 4) is 11.3 Å². The summed E-state index contributed by atoms with van der Waals surface area (Å²) in [6.07, 6.45) is 4.14. The van der Waals surface area contributed by atoms with Gasteiger partial charge in [-0.2, -0.15) is 10.2 Å². The SMILES string of the molecule is Nc1nc2cc(-c3ccnn3PI)ccc2c2n[nH]cc12. The summed E-state index contributed by atoms with van der Waals surface area (Å²) in [5.74, 6) is 0.493. The van der Waals surface area contributed by atoms with Gasteiger partial charge in [0.1, 0.15) is 11.3 Å². The molecule has 0 amide bonds. The van der Waals surface area contributed by atoms with Gasteiger partial charge in [-0.25, -0.2) is 9.44 Å². The second-order valence-electron chi connectivity index (χ2n) is 4.59. The third-order valence-electron chi connectivity index (χ3n) is 3.43. The smallest absolute Gasteiger partial charge is 0.135 e. The van der Waals surface area contributed by atoms with E-state index in [2.05, 4.69) is 48.4 Å². The maximum absolute atomic E-state index is 6.00. The predicted molar refractivity (Wildman–Crippen MR) is 94.8 cm³/mol. The molecular formula is C13H10IN6P. The van der Waals surface area contributed by atoms with Gasteiger partial charge in [0.15, 0.2) is 0 Å². The molecule has 8 heteroatoms. The van der Waals surface area contributed by atoms with Crippen LogP contribution in [0.3, 0.4) is 0 Å². The minimum atomic E-state index is 0.493. The highest BCUT2D eigenvalue weighted by molar-refractivity contribution is 14.2. The van der Waals surface area contributed by atoms with Crippen LogP contribution in [0.5, 0.6) is 0 Å². The van der Waals surface area contributed by atoms with Crippen molar-refractivity contribution in [1.29, 1.82) is 0 Å². The summed E-state index contributed by atoms with van der Waals surface area (Å²) in [6, 6.07) is 8.14. The predicted octanol–water partition coefficient (Wildman–Crippen LogP) is 3.35. The minimum Gasteiger partial charge on any atom is -0.383 e. The van der Waals surface area contributed by atoms with Gasteiger partial charge < -0.3 is 5.73 Å². The molecule has 4 rings (SSSR count). The molecule has 0 aliphatic rings. The van der Waals surface area contributed by atoms with Crippen molar-refractivity contribution >= 4 is 56.0 Å². The van der Waals surface area contributed by atoms with Gasteiger partial charge in [0.25, 0.3) is 0 Å². The second-order valence-corrected chi connectivity index (χ2v) is 6.63. The standard InChI is InChI=1S/C13H10IN6P/c14-21-20-11(3-4-17-20)7-1-2-8-10(5-7)18-13(15)9-6-16-19-12(8)9/h1-6,21H,(H2,15,18)(H,16,19). The molecule has 1 aromatic carbocycles. The zero-order chi connectivity index (χ0) is 14.4. The molecule has 6 nitrogen and oxygen atoms in total. The molecule has 3 aromatic heterocycles. The van der Waals surface area contributed by atoms with Crippen LogP contribution in [0, 0.1) is 0 Å². The van der Waals surface area contributed by atoms with Gasteiger partial charge in [0.2, 0.25) is 0 Å². The van der Waals surface area contributed by atoms with E-state index in [4.69, 9.17) is 5.73 Å². The van der Waals surface area contributed by atoms with Crippen LogP contribution >= 0.6 is 28.4 Å². The first-order valence-corrected chi connectivity index (χ1v) is 10.3. The third-order valence-corrected chi connectivity index (χ3v) is 5.32. The molecular weight excluding hydrogens is 398 g/mol. The number of benzene rings is 1. The number of aromatic amines is 1. The van der Waals surface area contributed by atoms with Crippen molar-refractivity contribution in [3.05, 3.63) is 36.7 Å². The molecule has 3 N–H and O–H groups in total. The molecule has 0 bridgehead atoms. The number of rotatable bonds is 2. The fourth-order valence-electron chi connectivity index (χ4n) is 2.45. The van der Waals surface area contributed by atoms with Gasteiger partial charge in [0, 0.05) is 23.3 Å².